The van der Waals surface area contributed by atoms with Gasteiger partial charge < -0.3 is 0 Å². The molecule has 5 rings (SSSR count). The number of aromatic nitrogens is 1. The molecule has 0 radical (unpaired) electrons. The topological polar surface area (TPSA) is 88.2 Å². The highest BCUT2D eigenvalue weighted by atomic mass is 35.5. The highest BCUT2D eigenvalue weighted by molar-refractivity contribution is 7.92. The molecule has 5 aromatic rings. The van der Waals surface area contributed by atoms with Gasteiger partial charge in [0.05, 0.1) is 10.6 Å². The largest absolute Gasteiger partial charge is 0.298 e. The standard InChI is InChI=1S/C29H22ClN3O3S2/c30-24-12-16-26(17-13-24)38(35,36)33-25-14-10-23(11-15-25)28(34)32-29-31-27(19-37-29)22-8-6-21(7-9-22)18-20-4-2-1-3-5-20/h1-17,19,33H,18H2,(H,31,32,34). The molecule has 0 aliphatic rings. The molecule has 0 aliphatic heterocycles. The molecular formula is C29H22ClN3O3S2. The molecule has 2 N–H and O–H groups in total. The molecule has 38 heavy (non-hydrogen) atoms. The van der Waals surface area contributed by atoms with Crippen LogP contribution in [-0.4, -0.2) is 19.3 Å². The minimum absolute atomic E-state index is 0.0918. The van der Waals surface area contributed by atoms with E-state index in [4.69, 9.17) is 11.6 Å². The van der Waals surface area contributed by atoms with Crippen molar-refractivity contribution in [2.45, 2.75) is 11.3 Å². The van der Waals surface area contributed by atoms with E-state index in [9.17, 15) is 13.2 Å². The van der Waals surface area contributed by atoms with Crippen LogP contribution < -0.4 is 10.0 Å². The van der Waals surface area contributed by atoms with Crippen LogP contribution in [0.15, 0.2) is 113 Å². The molecule has 4 aromatic carbocycles. The Morgan fingerprint density at radius 1 is 0.816 bits per heavy atom. The Morgan fingerprint density at radius 3 is 2.16 bits per heavy atom. The van der Waals surface area contributed by atoms with E-state index in [-0.39, 0.29) is 10.8 Å². The van der Waals surface area contributed by atoms with Crippen LogP contribution in [0.3, 0.4) is 0 Å². The van der Waals surface area contributed by atoms with Crippen molar-refractivity contribution in [1.82, 2.24) is 4.98 Å². The highest BCUT2D eigenvalue weighted by Gasteiger charge is 2.15. The van der Waals surface area contributed by atoms with E-state index in [1.807, 2.05) is 35.7 Å². The molecule has 0 fully saturated rings. The van der Waals surface area contributed by atoms with Crippen molar-refractivity contribution in [2.75, 3.05) is 10.0 Å². The van der Waals surface area contributed by atoms with Gasteiger partial charge in [-0.3, -0.25) is 14.8 Å². The summed E-state index contributed by atoms with van der Waals surface area (Å²) in [5, 5.41) is 5.63. The zero-order valence-electron chi connectivity index (χ0n) is 20.0. The molecule has 9 heteroatoms. The number of nitrogens with one attached hydrogen (secondary N) is 2. The number of anilines is 2. The van der Waals surface area contributed by atoms with Crippen LogP contribution in [0.1, 0.15) is 21.5 Å². The third-order valence-electron chi connectivity index (χ3n) is 5.75. The Bertz CT molecular complexity index is 1650. The fourth-order valence-electron chi connectivity index (χ4n) is 3.78. The van der Waals surface area contributed by atoms with Crippen molar-refractivity contribution >= 4 is 49.7 Å². The minimum atomic E-state index is -3.77. The molecule has 0 atom stereocenters. The van der Waals surface area contributed by atoms with Gasteiger partial charge in [-0.1, -0.05) is 66.2 Å². The van der Waals surface area contributed by atoms with Gasteiger partial charge in [0.1, 0.15) is 0 Å². The monoisotopic (exact) mass is 559 g/mol. The molecule has 0 spiro atoms. The van der Waals surface area contributed by atoms with E-state index in [1.165, 1.54) is 58.9 Å². The average molecular weight is 560 g/mol. The molecule has 0 aliphatic carbocycles. The van der Waals surface area contributed by atoms with Crippen LogP contribution >= 0.6 is 22.9 Å². The van der Waals surface area contributed by atoms with Gasteiger partial charge in [0.2, 0.25) is 0 Å². The molecule has 0 saturated heterocycles. The van der Waals surface area contributed by atoms with E-state index < -0.39 is 10.0 Å². The second-order valence-electron chi connectivity index (χ2n) is 8.49. The number of benzene rings is 4. The first-order valence-corrected chi connectivity index (χ1v) is 14.4. The fourth-order valence-corrected chi connectivity index (χ4v) is 5.67. The van der Waals surface area contributed by atoms with Gasteiger partial charge in [0.25, 0.3) is 15.9 Å². The predicted octanol–water partition coefficient (Wildman–Crippen LogP) is 7.11. The smallest absolute Gasteiger partial charge is 0.261 e. The van der Waals surface area contributed by atoms with Gasteiger partial charge in [-0.25, -0.2) is 13.4 Å². The Labute approximate surface area is 230 Å². The zero-order chi connectivity index (χ0) is 26.5. The first-order chi connectivity index (χ1) is 18.4. The van der Waals surface area contributed by atoms with Crippen LogP contribution in [-0.2, 0) is 16.4 Å². The summed E-state index contributed by atoms with van der Waals surface area (Å²) in [5.74, 6) is -0.337. The lowest BCUT2D eigenvalue weighted by atomic mass is 10.0. The van der Waals surface area contributed by atoms with Crippen molar-refractivity contribution < 1.29 is 13.2 Å². The Kier molecular flexibility index (Phi) is 7.55. The van der Waals surface area contributed by atoms with Gasteiger partial charge >= 0.3 is 0 Å². The van der Waals surface area contributed by atoms with Gasteiger partial charge in [-0.05, 0) is 66.1 Å². The molecule has 0 bridgehead atoms. The molecule has 1 aromatic heterocycles. The van der Waals surface area contributed by atoms with Crippen LogP contribution in [0.2, 0.25) is 5.02 Å². The van der Waals surface area contributed by atoms with Crippen molar-refractivity contribution in [3.05, 3.63) is 130 Å². The maximum Gasteiger partial charge on any atom is 0.261 e. The number of nitrogens with zero attached hydrogens (tertiary/aromatic N) is 1. The van der Waals surface area contributed by atoms with Crippen LogP contribution in [0, 0.1) is 0 Å². The molecule has 190 valence electrons. The van der Waals surface area contributed by atoms with Crippen LogP contribution in [0.4, 0.5) is 10.8 Å². The van der Waals surface area contributed by atoms with Gasteiger partial charge in [0, 0.05) is 27.2 Å². The Hall–Kier alpha value is -3.98. The normalized spacial score (nSPS) is 11.2. The summed E-state index contributed by atoms with van der Waals surface area (Å²) in [6.45, 7) is 0. The summed E-state index contributed by atoms with van der Waals surface area (Å²) >= 11 is 7.17. The molecule has 1 amide bonds. The minimum Gasteiger partial charge on any atom is -0.298 e. The summed E-state index contributed by atoms with van der Waals surface area (Å²) in [4.78, 5) is 17.4. The summed E-state index contributed by atoms with van der Waals surface area (Å²) in [6.07, 6.45) is 0.862. The van der Waals surface area contributed by atoms with E-state index in [1.54, 1.807) is 12.1 Å². The molecule has 0 unspecified atom stereocenters. The SMILES string of the molecule is O=C(Nc1nc(-c2ccc(Cc3ccccc3)cc2)cs1)c1ccc(NS(=O)(=O)c2ccc(Cl)cc2)cc1. The first kappa shape index (κ1) is 25.7. The number of amides is 1. The lowest BCUT2D eigenvalue weighted by Crippen LogP contribution is -2.14. The highest BCUT2D eigenvalue weighted by Crippen LogP contribution is 2.26. The maximum atomic E-state index is 12.7. The number of rotatable bonds is 8. The maximum absolute atomic E-state index is 12.7. The van der Waals surface area contributed by atoms with Crippen molar-refractivity contribution in [3.63, 3.8) is 0 Å². The number of carbonyl (C=O) groups is 1. The number of thiazole rings is 1. The number of hydrogen-bond acceptors (Lipinski definition) is 5. The number of carbonyl (C=O) groups excluding carboxylic acids is 1. The second kappa shape index (κ2) is 11.2. The van der Waals surface area contributed by atoms with Crippen molar-refractivity contribution in [2.24, 2.45) is 0 Å². The zero-order valence-corrected chi connectivity index (χ0v) is 22.4. The van der Waals surface area contributed by atoms with E-state index in [0.717, 1.165) is 17.7 Å². The summed E-state index contributed by atoms with van der Waals surface area (Å²) in [7, 11) is -3.77. The number of hydrogen-bond donors (Lipinski definition) is 2. The van der Waals surface area contributed by atoms with Gasteiger partial charge in [-0.2, -0.15) is 0 Å². The summed E-state index contributed by atoms with van der Waals surface area (Å²) < 4.78 is 27.6. The van der Waals surface area contributed by atoms with Crippen LogP contribution in [0.5, 0.6) is 0 Å². The average Bonchev–Trinajstić information content (AvgIpc) is 3.38. The van der Waals surface area contributed by atoms with Crippen molar-refractivity contribution in [3.8, 4) is 11.3 Å². The Balaban J connectivity index is 1.20. The second-order valence-corrected chi connectivity index (χ2v) is 11.5. The van der Waals surface area contributed by atoms with E-state index in [0.29, 0.717) is 21.4 Å². The summed E-state index contributed by atoms with van der Waals surface area (Å²) in [6, 6.07) is 30.6. The van der Waals surface area contributed by atoms with Gasteiger partial charge in [-0.15, -0.1) is 11.3 Å². The number of sulfonamides is 1. The Morgan fingerprint density at radius 2 is 1.47 bits per heavy atom. The summed E-state index contributed by atoms with van der Waals surface area (Å²) in [5.41, 5.74) is 4.93. The van der Waals surface area contributed by atoms with Crippen molar-refractivity contribution in [1.29, 1.82) is 0 Å². The quantitative estimate of drug-likeness (QED) is 0.212. The van der Waals surface area contributed by atoms with E-state index >= 15 is 0 Å². The lowest BCUT2D eigenvalue weighted by Gasteiger charge is -2.09. The first-order valence-electron chi connectivity index (χ1n) is 11.6. The van der Waals surface area contributed by atoms with E-state index in [2.05, 4.69) is 39.3 Å². The van der Waals surface area contributed by atoms with Crippen LogP contribution in [0.25, 0.3) is 11.3 Å². The third kappa shape index (κ3) is 6.28. The molecular weight excluding hydrogens is 538 g/mol. The third-order valence-corrected chi connectivity index (χ3v) is 8.16. The predicted molar refractivity (Wildman–Crippen MR) is 153 cm³/mol. The molecule has 0 saturated carbocycles. The van der Waals surface area contributed by atoms with Gasteiger partial charge in [0.15, 0.2) is 5.13 Å². The number of halogens is 1. The molecule has 6 nitrogen and oxygen atoms in total. The fraction of sp³-hybridized carbons (Fsp3) is 0.0345. The lowest BCUT2D eigenvalue weighted by molar-refractivity contribution is 0.102. The molecule has 1 heterocycles.